The summed E-state index contributed by atoms with van der Waals surface area (Å²) in [5, 5.41) is 0. The molecule has 0 aliphatic heterocycles. The Hall–Kier alpha value is -0.930. The molecule has 0 unspecified atom stereocenters. The Morgan fingerprint density at radius 2 is 0.742 bits per heavy atom. The number of hydrazine groups is 1. The highest BCUT2D eigenvalue weighted by molar-refractivity contribution is 5.75. The molecule has 0 aliphatic carbocycles. The van der Waals surface area contributed by atoms with Crippen LogP contribution >= 0.6 is 0 Å². The van der Waals surface area contributed by atoms with Crippen LogP contribution in [0.1, 0.15) is 6.42 Å². The van der Waals surface area contributed by atoms with Crippen molar-refractivity contribution in [3.63, 3.8) is 0 Å². The number of amides is 1. The van der Waals surface area contributed by atoms with E-state index < -0.39 is 0 Å². The first-order valence-corrected chi connectivity index (χ1v) is 10.6. The standard InChI is InChI=1S/C19H41N3O9/c20-2-4-25-6-8-27-10-12-29-14-16-31-18-17-30-15-13-28-11-9-26-7-5-24-3-1-19(23)22-21/h1-18,20-21H2,(H,22,23). The first kappa shape index (κ1) is 30.1. The maximum absolute atomic E-state index is 10.8. The molecule has 0 saturated heterocycles. The maximum Gasteiger partial charge on any atom is 0.236 e. The average molecular weight is 456 g/mol. The molecule has 0 spiro atoms. The van der Waals surface area contributed by atoms with E-state index in [-0.39, 0.29) is 12.3 Å². The van der Waals surface area contributed by atoms with E-state index in [1.165, 1.54) is 0 Å². The fourth-order valence-electron chi connectivity index (χ4n) is 1.96. The highest BCUT2D eigenvalue weighted by Crippen LogP contribution is 1.86. The number of nitrogens with one attached hydrogen (secondary N) is 1. The summed E-state index contributed by atoms with van der Waals surface area (Å²) in [5.74, 6) is 4.70. The molecule has 0 aromatic heterocycles. The highest BCUT2D eigenvalue weighted by atomic mass is 16.6. The van der Waals surface area contributed by atoms with Gasteiger partial charge in [-0.25, -0.2) is 5.84 Å². The molecular weight excluding hydrogens is 414 g/mol. The number of hydrogen-bond acceptors (Lipinski definition) is 11. The molecule has 1 amide bonds. The van der Waals surface area contributed by atoms with E-state index in [0.29, 0.717) is 112 Å². The van der Waals surface area contributed by atoms with Crippen molar-refractivity contribution in [3.8, 4) is 0 Å². The molecule has 0 aromatic rings. The molecule has 0 rings (SSSR count). The van der Waals surface area contributed by atoms with E-state index in [1.807, 2.05) is 5.43 Å². The van der Waals surface area contributed by atoms with Gasteiger partial charge in [0, 0.05) is 6.54 Å². The molecule has 0 aromatic carbocycles. The van der Waals surface area contributed by atoms with Crippen molar-refractivity contribution in [1.29, 1.82) is 0 Å². The van der Waals surface area contributed by atoms with Crippen LogP contribution in [0.5, 0.6) is 0 Å². The molecule has 12 nitrogen and oxygen atoms in total. The van der Waals surface area contributed by atoms with Gasteiger partial charge in [0.25, 0.3) is 0 Å². The average Bonchev–Trinajstić information content (AvgIpc) is 2.78. The Morgan fingerprint density at radius 3 is 1.00 bits per heavy atom. The number of carbonyl (C=O) groups is 1. The molecule has 5 N–H and O–H groups in total. The van der Waals surface area contributed by atoms with Gasteiger partial charge in [0.05, 0.1) is 112 Å². The van der Waals surface area contributed by atoms with Gasteiger partial charge in [-0.1, -0.05) is 0 Å². The molecule has 12 heteroatoms. The minimum Gasteiger partial charge on any atom is -0.379 e. The van der Waals surface area contributed by atoms with Crippen LogP contribution in [-0.4, -0.2) is 118 Å². The van der Waals surface area contributed by atoms with Gasteiger partial charge in [-0.2, -0.15) is 0 Å². The molecule has 0 aliphatic rings. The van der Waals surface area contributed by atoms with E-state index >= 15 is 0 Å². The molecule has 31 heavy (non-hydrogen) atoms. The van der Waals surface area contributed by atoms with Gasteiger partial charge >= 0.3 is 0 Å². The number of hydrogen-bond donors (Lipinski definition) is 3. The van der Waals surface area contributed by atoms with Gasteiger partial charge in [-0.05, 0) is 0 Å². The fourth-order valence-corrected chi connectivity index (χ4v) is 1.96. The van der Waals surface area contributed by atoms with Crippen LogP contribution in [0, 0.1) is 0 Å². The van der Waals surface area contributed by atoms with E-state index in [2.05, 4.69) is 0 Å². The maximum atomic E-state index is 10.8. The fraction of sp³-hybridized carbons (Fsp3) is 0.947. The first-order valence-electron chi connectivity index (χ1n) is 10.6. The van der Waals surface area contributed by atoms with Crippen LogP contribution < -0.4 is 17.0 Å². The van der Waals surface area contributed by atoms with Crippen LogP contribution in [0.4, 0.5) is 0 Å². The van der Waals surface area contributed by atoms with E-state index in [4.69, 9.17) is 49.5 Å². The smallest absolute Gasteiger partial charge is 0.236 e. The van der Waals surface area contributed by atoms with E-state index in [1.54, 1.807) is 0 Å². The lowest BCUT2D eigenvalue weighted by Gasteiger charge is -2.08. The normalized spacial score (nSPS) is 11.2. The summed E-state index contributed by atoms with van der Waals surface area (Å²) in [4.78, 5) is 10.8. The molecular formula is C19H41N3O9. The third-order valence-corrected chi connectivity index (χ3v) is 3.50. The van der Waals surface area contributed by atoms with Crippen LogP contribution in [0.2, 0.25) is 0 Å². The quantitative estimate of drug-likeness (QED) is 0.0601. The number of carbonyl (C=O) groups excluding carboxylic acids is 1. The third kappa shape index (κ3) is 27.0. The molecule has 0 radical (unpaired) electrons. The number of nitrogens with two attached hydrogens (primary N) is 2. The second-order valence-corrected chi connectivity index (χ2v) is 6.01. The van der Waals surface area contributed by atoms with Crippen molar-refractivity contribution in [3.05, 3.63) is 0 Å². The van der Waals surface area contributed by atoms with Gasteiger partial charge in [-0.3, -0.25) is 10.2 Å². The summed E-state index contributed by atoms with van der Waals surface area (Å²) < 4.78 is 42.6. The predicted molar refractivity (Wildman–Crippen MR) is 113 cm³/mol. The predicted octanol–water partition coefficient (Wildman–Crippen LogP) is -1.54. The van der Waals surface area contributed by atoms with Crippen molar-refractivity contribution in [2.75, 3.05) is 112 Å². The second-order valence-electron chi connectivity index (χ2n) is 6.01. The Kier molecular flexibility index (Phi) is 26.3. The largest absolute Gasteiger partial charge is 0.379 e. The zero-order valence-electron chi connectivity index (χ0n) is 18.6. The van der Waals surface area contributed by atoms with Crippen LogP contribution in [0.15, 0.2) is 0 Å². The van der Waals surface area contributed by atoms with Gasteiger partial charge < -0.3 is 43.6 Å². The monoisotopic (exact) mass is 455 g/mol. The number of ether oxygens (including phenoxy) is 8. The van der Waals surface area contributed by atoms with E-state index in [0.717, 1.165) is 0 Å². The van der Waals surface area contributed by atoms with Gasteiger partial charge in [0.2, 0.25) is 5.91 Å². The molecule has 186 valence electrons. The minimum absolute atomic E-state index is 0.237. The van der Waals surface area contributed by atoms with Crippen LogP contribution in [-0.2, 0) is 42.7 Å². The lowest BCUT2D eigenvalue weighted by molar-refractivity contribution is -0.122. The lowest BCUT2D eigenvalue weighted by Crippen LogP contribution is -2.30. The zero-order valence-corrected chi connectivity index (χ0v) is 18.6. The van der Waals surface area contributed by atoms with Crippen LogP contribution in [0.25, 0.3) is 0 Å². The topological polar surface area (TPSA) is 155 Å². The number of rotatable bonds is 26. The van der Waals surface area contributed by atoms with Crippen molar-refractivity contribution in [1.82, 2.24) is 5.43 Å². The Bertz CT molecular complexity index is 369. The van der Waals surface area contributed by atoms with Crippen LogP contribution in [0.3, 0.4) is 0 Å². The third-order valence-electron chi connectivity index (χ3n) is 3.50. The van der Waals surface area contributed by atoms with Crippen molar-refractivity contribution in [2.24, 2.45) is 11.6 Å². The van der Waals surface area contributed by atoms with Crippen molar-refractivity contribution >= 4 is 5.91 Å². The summed E-state index contributed by atoms with van der Waals surface area (Å²) in [6.45, 7) is 8.41. The van der Waals surface area contributed by atoms with Crippen molar-refractivity contribution < 1.29 is 42.7 Å². The summed E-state index contributed by atoms with van der Waals surface area (Å²) in [6, 6.07) is 0. The van der Waals surface area contributed by atoms with E-state index in [9.17, 15) is 4.79 Å². The molecule has 0 heterocycles. The summed E-state index contributed by atoms with van der Waals surface area (Å²) in [6.07, 6.45) is 0.237. The van der Waals surface area contributed by atoms with Gasteiger partial charge in [0.1, 0.15) is 0 Å². The summed E-state index contributed by atoms with van der Waals surface area (Å²) in [5.41, 5.74) is 7.34. The molecule has 0 saturated carbocycles. The SMILES string of the molecule is NCCOCCOCCOCCOCCOCCOCCOCCOCCC(=O)NN. The summed E-state index contributed by atoms with van der Waals surface area (Å²) in [7, 11) is 0. The lowest BCUT2D eigenvalue weighted by atomic mass is 10.4. The first-order chi connectivity index (χ1) is 15.3. The molecule has 0 atom stereocenters. The Labute approximate surface area is 185 Å². The second kappa shape index (κ2) is 27.1. The molecule has 0 fully saturated rings. The Morgan fingerprint density at radius 1 is 0.484 bits per heavy atom. The minimum atomic E-state index is -0.254. The zero-order chi connectivity index (χ0) is 22.7. The Balaban J connectivity index is 3.01. The van der Waals surface area contributed by atoms with Crippen molar-refractivity contribution in [2.45, 2.75) is 6.42 Å². The highest BCUT2D eigenvalue weighted by Gasteiger charge is 1.98. The van der Waals surface area contributed by atoms with Gasteiger partial charge in [-0.15, -0.1) is 0 Å². The molecule has 0 bridgehead atoms. The summed E-state index contributed by atoms with van der Waals surface area (Å²) >= 11 is 0. The van der Waals surface area contributed by atoms with Gasteiger partial charge in [0.15, 0.2) is 0 Å².